The molecular formula is C19H24N6O. The summed E-state index contributed by atoms with van der Waals surface area (Å²) in [6.07, 6.45) is 6.21. The highest BCUT2D eigenvalue weighted by Crippen LogP contribution is 2.21. The van der Waals surface area contributed by atoms with E-state index in [1.165, 1.54) is 0 Å². The predicted octanol–water partition coefficient (Wildman–Crippen LogP) is 3.11. The lowest BCUT2D eigenvalue weighted by molar-refractivity contribution is 0.405. The van der Waals surface area contributed by atoms with Crippen molar-refractivity contribution >= 4 is 11.8 Å². The van der Waals surface area contributed by atoms with Crippen LogP contribution < -0.4 is 10.6 Å². The van der Waals surface area contributed by atoms with E-state index in [4.69, 9.17) is 4.42 Å². The van der Waals surface area contributed by atoms with Crippen molar-refractivity contribution in [3.8, 4) is 11.3 Å². The van der Waals surface area contributed by atoms with Crippen molar-refractivity contribution in [3.05, 3.63) is 54.7 Å². The molecule has 0 saturated carbocycles. The van der Waals surface area contributed by atoms with Gasteiger partial charge in [-0.05, 0) is 51.3 Å². The van der Waals surface area contributed by atoms with Gasteiger partial charge in [0.25, 0.3) is 0 Å². The lowest BCUT2D eigenvalue weighted by Crippen LogP contribution is -2.17. The standard InChI is InChI=1S/C19H24N6O/c1-25(2)11-4-8-21-19-23-17(15-6-9-20-10-7-15)13-18(24-19)22-14-16-5-3-12-26-16/h3,5-7,9-10,12-13H,4,8,11,14H2,1-2H3,(H2,21,22,23,24). The Morgan fingerprint density at radius 2 is 1.92 bits per heavy atom. The number of hydrogen-bond acceptors (Lipinski definition) is 7. The molecule has 0 unspecified atom stereocenters. The average molecular weight is 352 g/mol. The highest BCUT2D eigenvalue weighted by Gasteiger charge is 2.07. The van der Waals surface area contributed by atoms with Crippen molar-refractivity contribution in [1.29, 1.82) is 0 Å². The summed E-state index contributed by atoms with van der Waals surface area (Å²) in [5.74, 6) is 2.22. The second kappa shape index (κ2) is 8.96. The maximum absolute atomic E-state index is 5.37. The molecule has 3 aromatic rings. The summed E-state index contributed by atoms with van der Waals surface area (Å²) in [5, 5.41) is 6.61. The van der Waals surface area contributed by atoms with Crippen LogP contribution in [0.2, 0.25) is 0 Å². The molecule has 0 spiro atoms. The summed E-state index contributed by atoms with van der Waals surface area (Å²) in [5.41, 5.74) is 1.85. The topological polar surface area (TPSA) is 79.1 Å². The number of nitrogens with one attached hydrogen (secondary N) is 2. The Morgan fingerprint density at radius 3 is 2.65 bits per heavy atom. The van der Waals surface area contributed by atoms with Gasteiger partial charge in [-0.1, -0.05) is 0 Å². The van der Waals surface area contributed by atoms with Crippen molar-refractivity contribution < 1.29 is 4.42 Å². The average Bonchev–Trinajstić information content (AvgIpc) is 3.18. The van der Waals surface area contributed by atoms with Crippen LogP contribution in [-0.2, 0) is 6.54 Å². The first-order chi connectivity index (χ1) is 12.7. The van der Waals surface area contributed by atoms with E-state index in [0.717, 1.165) is 42.3 Å². The highest BCUT2D eigenvalue weighted by molar-refractivity contribution is 5.63. The molecule has 0 aromatic carbocycles. The zero-order valence-electron chi connectivity index (χ0n) is 15.1. The molecule has 7 nitrogen and oxygen atoms in total. The first-order valence-electron chi connectivity index (χ1n) is 8.65. The molecule has 136 valence electrons. The Hall–Kier alpha value is -2.93. The fourth-order valence-electron chi connectivity index (χ4n) is 2.47. The monoisotopic (exact) mass is 352 g/mol. The van der Waals surface area contributed by atoms with Gasteiger partial charge in [-0.25, -0.2) is 4.98 Å². The minimum atomic E-state index is 0.569. The number of nitrogens with zero attached hydrogens (tertiary/aromatic N) is 4. The molecule has 0 aliphatic carbocycles. The Balaban J connectivity index is 1.75. The van der Waals surface area contributed by atoms with Crippen LogP contribution in [0.5, 0.6) is 0 Å². The molecule has 0 bridgehead atoms. The summed E-state index contributed by atoms with van der Waals surface area (Å²) in [7, 11) is 4.13. The lowest BCUT2D eigenvalue weighted by Gasteiger charge is -2.12. The van der Waals surface area contributed by atoms with E-state index in [1.54, 1.807) is 18.7 Å². The number of anilines is 2. The van der Waals surface area contributed by atoms with E-state index in [0.29, 0.717) is 12.5 Å². The second-order valence-electron chi connectivity index (χ2n) is 6.21. The van der Waals surface area contributed by atoms with E-state index in [2.05, 4.69) is 44.6 Å². The largest absolute Gasteiger partial charge is 0.467 e. The van der Waals surface area contributed by atoms with Crippen molar-refractivity contribution in [2.24, 2.45) is 0 Å². The van der Waals surface area contributed by atoms with Gasteiger partial charge in [0, 0.05) is 30.6 Å². The van der Waals surface area contributed by atoms with Crippen LogP contribution in [0.15, 0.2) is 53.4 Å². The van der Waals surface area contributed by atoms with E-state index >= 15 is 0 Å². The van der Waals surface area contributed by atoms with Gasteiger partial charge in [0.2, 0.25) is 5.95 Å². The van der Waals surface area contributed by atoms with E-state index in [1.807, 2.05) is 30.3 Å². The van der Waals surface area contributed by atoms with Gasteiger partial charge in [0.15, 0.2) is 0 Å². The Bertz CT molecular complexity index is 789. The molecule has 0 atom stereocenters. The second-order valence-corrected chi connectivity index (χ2v) is 6.21. The number of hydrogen-bond donors (Lipinski definition) is 2. The summed E-state index contributed by atoms with van der Waals surface area (Å²) in [4.78, 5) is 15.4. The molecule has 0 aliphatic heterocycles. The van der Waals surface area contributed by atoms with E-state index in [9.17, 15) is 0 Å². The van der Waals surface area contributed by atoms with Crippen LogP contribution in [0.4, 0.5) is 11.8 Å². The van der Waals surface area contributed by atoms with Crippen molar-refractivity contribution in [1.82, 2.24) is 19.9 Å². The molecule has 0 radical (unpaired) electrons. The van der Waals surface area contributed by atoms with E-state index in [-0.39, 0.29) is 0 Å². The molecular weight excluding hydrogens is 328 g/mol. The number of rotatable bonds is 9. The Labute approximate surface area is 153 Å². The lowest BCUT2D eigenvalue weighted by atomic mass is 10.2. The zero-order valence-corrected chi connectivity index (χ0v) is 15.1. The van der Waals surface area contributed by atoms with Gasteiger partial charge in [0.05, 0.1) is 18.5 Å². The van der Waals surface area contributed by atoms with Gasteiger partial charge in [-0.2, -0.15) is 4.98 Å². The highest BCUT2D eigenvalue weighted by atomic mass is 16.3. The third-order valence-electron chi connectivity index (χ3n) is 3.79. The smallest absolute Gasteiger partial charge is 0.225 e. The normalized spacial score (nSPS) is 10.9. The molecule has 0 saturated heterocycles. The molecule has 0 aliphatic rings. The van der Waals surface area contributed by atoms with Gasteiger partial charge in [-0.15, -0.1) is 0 Å². The number of aromatic nitrogens is 3. The summed E-state index contributed by atoms with van der Waals surface area (Å²) in [6.45, 7) is 2.40. The van der Waals surface area contributed by atoms with Crippen LogP contribution in [0.1, 0.15) is 12.2 Å². The maximum atomic E-state index is 5.37. The molecule has 2 N–H and O–H groups in total. The summed E-state index contributed by atoms with van der Waals surface area (Å²) in [6, 6.07) is 9.61. The maximum Gasteiger partial charge on any atom is 0.225 e. The molecule has 0 fully saturated rings. The van der Waals surface area contributed by atoms with Gasteiger partial charge in [0.1, 0.15) is 11.6 Å². The SMILES string of the molecule is CN(C)CCCNc1nc(NCc2ccco2)cc(-c2ccncc2)n1. The van der Waals surface area contributed by atoms with E-state index < -0.39 is 0 Å². The van der Waals surface area contributed by atoms with Gasteiger partial charge in [-0.3, -0.25) is 4.98 Å². The predicted molar refractivity (Wildman–Crippen MR) is 103 cm³/mol. The van der Waals surface area contributed by atoms with Crippen LogP contribution >= 0.6 is 0 Å². The van der Waals surface area contributed by atoms with Gasteiger partial charge < -0.3 is 20.0 Å². The third-order valence-corrected chi connectivity index (χ3v) is 3.79. The number of furan rings is 1. The number of pyridine rings is 1. The first kappa shape index (κ1) is 17.9. The van der Waals surface area contributed by atoms with Crippen molar-refractivity contribution in [3.63, 3.8) is 0 Å². The summed E-state index contributed by atoms with van der Waals surface area (Å²) >= 11 is 0. The van der Waals surface area contributed by atoms with Crippen LogP contribution in [0, 0.1) is 0 Å². The Morgan fingerprint density at radius 1 is 1.08 bits per heavy atom. The quantitative estimate of drug-likeness (QED) is 0.573. The molecule has 0 amide bonds. The third kappa shape index (κ3) is 5.29. The van der Waals surface area contributed by atoms with Crippen LogP contribution in [0.25, 0.3) is 11.3 Å². The fourth-order valence-corrected chi connectivity index (χ4v) is 2.47. The zero-order chi connectivity index (χ0) is 18.2. The molecule has 3 aromatic heterocycles. The minimum Gasteiger partial charge on any atom is -0.467 e. The minimum absolute atomic E-state index is 0.569. The molecule has 7 heteroatoms. The molecule has 3 rings (SSSR count). The molecule has 3 heterocycles. The molecule has 26 heavy (non-hydrogen) atoms. The first-order valence-corrected chi connectivity index (χ1v) is 8.65. The van der Waals surface area contributed by atoms with Gasteiger partial charge >= 0.3 is 0 Å². The van der Waals surface area contributed by atoms with Crippen molar-refractivity contribution in [2.45, 2.75) is 13.0 Å². The Kier molecular flexibility index (Phi) is 6.16. The van der Waals surface area contributed by atoms with Crippen LogP contribution in [-0.4, -0.2) is 47.0 Å². The van der Waals surface area contributed by atoms with Crippen LogP contribution in [0.3, 0.4) is 0 Å². The summed E-state index contributed by atoms with van der Waals surface area (Å²) < 4.78 is 5.37. The fraction of sp³-hybridized carbons (Fsp3) is 0.316. The van der Waals surface area contributed by atoms with Crippen molar-refractivity contribution in [2.75, 3.05) is 37.8 Å².